The van der Waals surface area contributed by atoms with Gasteiger partial charge in [-0.25, -0.2) is 0 Å². The molecule has 1 aliphatic carbocycles. The van der Waals surface area contributed by atoms with Crippen molar-refractivity contribution in [3.05, 3.63) is 47.6 Å². The maximum Gasteiger partial charge on any atom is 0.239 e. The van der Waals surface area contributed by atoms with Crippen LogP contribution < -0.4 is 16.0 Å². The lowest BCUT2D eigenvalue weighted by atomic mass is 9.89. The van der Waals surface area contributed by atoms with Crippen molar-refractivity contribution in [3.8, 4) is 0 Å². The Labute approximate surface area is 187 Å². The first-order valence-corrected chi connectivity index (χ1v) is 11.2. The zero-order valence-corrected chi connectivity index (χ0v) is 18.5. The third-order valence-electron chi connectivity index (χ3n) is 5.61. The number of amides is 3. The Kier molecular flexibility index (Phi) is 8.35. The molecule has 1 saturated carbocycles. The zero-order chi connectivity index (χ0) is 22.8. The number of aryl methyl sites for hydroxylation is 1. The van der Waals surface area contributed by atoms with Gasteiger partial charge in [0.2, 0.25) is 23.6 Å². The summed E-state index contributed by atoms with van der Waals surface area (Å²) in [6.07, 6.45) is 6.13. The van der Waals surface area contributed by atoms with Gasteiger partial charge in [0.15, 0.2) is 5.82 Å². The second kappa shape index (κ2) is 11.4. The summed E-state index contributed by atoms with van der Waals surface area (Å²) >= 11 is 0. The number of benzene rings is 1. The van der Waals surface area contributed by atoms with E-state index in [4.69, 9.17) is 4.52 Å². The van der Waals surface area contributed by atoms with Gasteiger partial charge in [-0.1, -0.05) is 61.2 Å². The minimum absolute atomic E-state index is 0.0909. The normalized spacial score (nSPS) is 15.4. The number of carbonyl (C=O) groups is 3. The Morgan fingerprint density at radius 1 is 1.00 bits per heavy atom. The predicted octanol–water partition coefficient (Wildman–Crippen LogP) is 2.12. The van der Waals surface area contributed by atoms with Gasteiger partial charge in [-0.15, -0.1) is 0 Å². The number of carbonyl (C=O) groups excluding carboxylic acids is 3. The molecule has 32 heavy (non-hydrogen) atoms. The molecule has 172 valence electrons. The quantitative estimate of drug-likeness (QED) is 0.512. The molecule has 9 nitrogen and oxygen atoms in total. The van der Waals surface area contributed by atoms with Gasteiger partial charge in [-0.05, 0) is 18.4 Å². The molecule has 0 aliphatic heterocycles. The Hall–Kier alpha value is -3.23. The van der Waals surface area contributed by atoms with Crippen molar-refractivity contribution in [2.24, 2.45) is 0 Å². The van der Waals surface area contributed by atoms with Crippen molar-refractivity contribution in [2.75, 3.05) is 6.54 Å². The van der Waals surface area contributed by atoms with Crippen molar-refractivity contribution >= 4 is 17.7 Å². The summed E-state index contributed by atoms with van der Waals surface area (Å²) in [6, 6.07) is 9.56. The zero-order valence-electron chi connectivity index (χ0n) is 18.5. The SMILES string of the molecule is CC(=O)NC1(c2noc(CCC(=O)NCC(=O)NCc3ccccc3)n2)CCCCCC1. The molecule has 3 amide bonds. The summed E-state index contributed by atoms with van der Waals surface area (Å²) in [5, 5.41) is 12.5. The van der Waals surface area contributed by atoms with E-state index in [1.54, 1.807) is 0 Å². The van der Waals surface area contributed by atoms with Gasteiger partial charge in [0.1, 0.15) is 5.54 Å². The highest BCUT2D eigenvalue weighted by atomic mass is 16.5. The molecule has 9 heteroatoms. The molecule has 0 saturated heterocycles. The minimum Gasteiger partial charge on any atom is -0.350 e. The van der Waals surface area contributed by atoms with Crippen LogP contribution in [0.25, 0.3) is 0 Å². The molecule has 1 fully saturated rings. The monoisotopic (exact) mass is 441 g/mol. The minimum atomic E-state index is -0.608. The summed E-state index contributed by atoms with van der Waals surface area (Å²) < 4.78 is 5.36. The Morgan fingerprint density at radius 2 is 1.72 bits per heavy atom. The highest BCUT2D eigenvalue weighted by Gasteiger charge is 2.38. The first-order chi connectivity index (χ1) is 15.5. The summed E-state index contributed by atoms with van der Waals surface area (Å²) in [4.78, 5) is 40.3. The van der Waals surface area contributed by atoms with E-state index in [1.807, 2.05) is 30.3 Å². The number of nitrogens with one attached hydrogen (secondary N) is 3. The van der Waals surface area contributed by atoms with E-state index < -0.39 is 5.54 Å². The van der Waals surface area contributed by atoms with Crippen LogP contribution in [0.2, 0.25) is 0 Å². The molecule has 0 atom stereocenters. The fourth-order valence-corrected chi connectivity index (χ4v) is 3.97. The molecule has 3 N–H and O–H groups in total. The second-order valence-corrected chi connectivity index (χ2v) is 8.23. The summed E-state index contributed by atoms with van der Waals surface area (Å²) in [5.74, 6) is 0.171. The van der Waals surface area contributed by atoms with E-state index in [0.29, 0.717) is 18.3 Å². The first kappa shape index (κ1) is 23.4. The van der Waals surface area contributed by atoms with E-state index in [0.717, 1.165) is 44.1 Å². The van der Waals surface area contributed by atoms with E-state index in [-0.39, 0.29) is 37.1 Å². The largest absolute Gasteiger partial charge is 0.350 e. The molecule has 1 aliphatic rings. The highest BCUT2D eigenvalue weighted by molar-refractivity contribution is 5.84. The van der Waals surface area contributed by atoms with Crippen molar-refractivity contribution in [1.29, 1.82) is 0 Å². The van der Waals surface area contributed by atoms with Gasteiger partial charge in [-0.3, -0.25) is 14.4 Å². The first-order valence-electron chi connectivity index (χ1n) is 11.2. The van der Waals surface area contributed by atoms with Gasteiger partial charge in [-0.2, -0.15) is 4.98 Å². The van der Waals surface area contributed by atoms with E-state index in [9.17, 15) is 14.4 Å². The number of aromatic nitrogens is 2. The van der Waals surface area contributed by atoms with Crippen LogP contribution in [-0.2, 0) is 32.9 Å². The molecule has 1 aromatic carbocycles. The average molecular weight is 442 g/mol. The Morgan fingerprint density at radius 3 is 2.41 bits per heavy atom. The van der Waals surface area contributed by atoms with E-state index in [2.05, 4.69) is 26.1 Å². The summed E-state index contributed by atoms with van der Waals surface area (Å²) in [5.41, 5.74) is 0.383. The maximum absolute atomic E-state index is 12.1. The number of hydrogen-bond donors (Lipinski definition) is 3. The molecule has 2 aromatic rings. The molecular weight excluding hydrogens is 410 g/mol. The van der Waals surface area contributed by atoms with Gasteiger partial charge in [0.05, 0.1) is 6.54 Å². The lowest BCUT2D eigenvalue weighted by Crippen LogP contribution is -2.45. The number of hydrogen-bond acceptors (Lipinski definition) is 6. The standard InChI is InChI=1S/C23H31N5O4/c1-17(29)27-23(13-7-2-3-8-14-23)22-26-21(32-28-22)12-11-19(30)25-16-20(31)24-15-18-9-5-4-6-10-18/h4-6,9-10H,2-3,7-8,11-16H2,1H3,(H,24,31)(H,25,30)(H,27,29). The molecule has 0 radical (unpaired) electrons. The molecule has 3 rings (SSSR count). The summed E-state index contributed by atoms with van der Waals surface area (Å²) in [6.45, 7) is 1.82. The van der Waals surface area contributed by atoms with Crippen LogP contribution in [0.15, 0.2) is 34.9 Å². The van der Waals surface area contributed by atoms with E-state index >= 15 is 0 Å². The topological polar surface area (TPSA) is 126 Å². The third kappa shape index (κ3) is 6.90. The molecule has 0 spiro atoms. The van der Waals surface area contributed by atoms with Crippen LogP contribution in [-0.4, -0.2) is 34.4 Å². The number of rotatable bonds is 9. The Balaban J connectivity index is 1.46. The summed E-state index contributed by atoms with van der Waals surface area (Å²) in [7, 11) is 0. The van der Waals surface area contributed by atoms with Crippen LogP contribution in [0.4, 0.5) is 0 Å². The second-order valence-electron chi connectivity index (χ2n) is 8.23. The van der Waals surface area contributed by atoms with Crippen LogP contribution in [0, 0.1) is 0 Å². The highest BCUT2D eigenvalue weighted by Crippen LogP contribution is 2.34. The van der Waals surface area contributed by atoms with Crippen molar-refractivity contribution in [3.63, 3.8) is 0 Å². The predicted molar refractivity (Wildman–Crippen MR) is 117 cm³/mol. The van der Waals surface area contributed by atoms with Gasteiger partial charge in [0.25, 0.3) is 0 Å². The fraction of sp³-hybridized carbons (Fsp3) is 0.522. The number of nitrogens with zero attached hydrogens (tertiary/aromatic N) is 2. The maximum atomic E-state index is 12.1. The van der Waals surface area contributed by atoms with Gasteiger partial charge in [0, 0.05) is 26.3 Å². The lowest BCUT2D eigenvalue weighted by Gasteiger charge is -2.30. The van der Waals surface area contributed by atoms with Crippen molar-refractivity contribution in [2.45, 2.75) is 70.4 Å². The molecule has 1 aromatic heterocycles. The van der Waals surface area contributed by atoms with Crippen molar-refractivity contribution < 1.29 is 18.9 Å². The third-order valence-corrected chi connectivity index (χ3v) is 5.61. The van der Waals surface area contributed by atoms with Crippen LogP contribution in [0.3, 0.4) is 0 Å². The lowest BCUT2D eigenvalue weighted by molar-refractivity contribution is -0.126. The molecular formula is C23H31N5O4. The Bertz CT molecular complexity index is 904. The van der Waals surface area contributed by atoms with Crippen molar-refractivity contribution in [1.82, 2.24) is 26.1 Å². The average Bonchev–Trinajstić information content (AvgIpc) is 3.15. The van der Waals surface area contributed by atoms with Gasteiger partial charge >= 0.3 is 0 Å². The van der Waals surface area contributed by atoms with Crippen LogP contribution >= 0.6 is 0 Å². The van der Waals surface area contributed by atoms with E-state index in [1.165, 1.54) is 6.92 Å². The molecule has 0 unspecified atom stereocenters. The molecule has 1 heterocycles. The van der Waals surface area contributed by atoms with Crippen LogP contribution in [0.1, 0.15) is 69.1 Å². The smallest absolute Gasteiger partial charge is 0.239 e. The molecule has 0 bridgehead atoms. The van der Waals surface area contributed by atoms with Crippen LogP contribution in [0.5, 0.6) is 0 Å². The fourth-order valence-electron chi connectivity index (χ4n) is 3.97. The van der Waals surface area contributed by atoms with Gasteiger partial charge < -0.3 is 20.5 Å².